The van der Waals surface area contributed by atoms with Crippen LogP contribution in [-0.4, -0.2) is 25.6 Å². The van der Waals surface area contributed by atoms with Crippen LogP contribution in [0.3, 0.4) is 0 Å². The Bertz CT molecular complexity index is 477. The van der Waals surface area contributed by atoms with E-state index >= 15 is 0 Å². The van der Waals surface area contributed by atoms with Crippen LogP contribution >= 0.6 is 31.9 Å². The van der Waals surface area contributed by atoms with Crippen molar-refractivity contribution in [2.24, 2.45) is 4.99 Å². The zero-order chi connectivity index (χ0) is 13.1. The minimum absolute atomic E-state index is 0.743. The summed E-state index contributed by atoms with van der Waals surface area (Å²) in [6.45, 7) is 8.48. The maximum absolute atomic E-state index is 4.50. The highest BCUT2D eigenvalue weighted by Gasteiger charge is 2.20. The highest BCUT2D eigenvalue weighted by molar-refractivity contribution is 9.11. The van der Waals surface area contributed by atoms with E-state index in [-0.39, 0.29) is 0 Å². The second kappa shape index (κ2) is 5.89. The van der Waals surface area contributed by atoms with Gasteiger partial charge in [-0.2, -0.15) is 0 Å². The van der Waals surface area contributed by atoms with E-state index in [4.69, 9.17) is 0 Å². The van der Waals surface area contributed by atoms with E-state index in [0.717, 1.165) is 45.8 Å². The van der Waals surface area contributed by atoms with Crippen molar-refractivity contribution in [3.8, 4) is 0 Å². The average molecular weight is 373 g/mol. The van der Waals surface area contributed by atoms with E-state index in [1.54, 1.807) is 0 Å². The summed E-state index contributed by atoms with van der Waals surface area (Å²) in [6.07, 6.45) is 0. The van der Waals surface area contributed by atoms with Crippen molar-refractivity contribution >= 4 is 43.5 Å². The van der Waals surface area contributed by atoms with Gasteiger partial charge in [-0.3, -0.25) is 4.99 Å². The third kappa shape index (κ3) is 2.95. The summed E-state index contributed by atoms with van der Waals surface area (Å²) >= 11 is 7.20. The molecule has 5 heteroatoms. The molecule has 18 heavy (non-hydrogen) atoms. The lowest BCUT2D eigenvalue weighted by atomic mass is 10.2. The van der Waals surface area contributed by atoms with Crippen molar-refractivity contribution in [2.75, 3.05) is 24.5 Å². The van der Waals surface area contributed by atoms with Crippen LogP contribution in [-0.2, 0) is 0 Å². The molecule has 0 atom stereocenters. The Kier molecular flexibility index (Phi) is 4.45. The molecule has 0 bridgehead atoms. The number of para-hydroxylation sites is 1. The molecule has 2 rings (SSSR count). The number of benzene rings is 1. The normalized spacial score (nSPS) is 14.1. The van der Waals surface area contributed by atoms with Crippen LogP contribution in [0.2, 0.25) is 0 Å². The van der Waals surface area contributed by atoms with Crippen molar-refractivity contribution in [1.82, 2.24) is 5.32 Å². The maximum atomic E-state index is 4.50. The molecular formula is C13H15Br2N3. The van der Waals surface area contributed by atoms with E-state index in [1.807, 2.05) is 25.1 Å². The lowest BCUT2D eigenvalue weighted by Crippen LogP contribution is -2.40. The molecule has 0 unspecified atom stereocenters. The number of nitrogens with zero attached hydrogens (tertiary/aromatic N) is 2. The first-order valence-electron chi connectivity index (χ1n) is 5.74. The molecule has 0 aliphatic carbocycles. The number of anilines is 1. The number of halogens is 2. The van der Waals surface area contributed by atoms with E-state index in [1.165, 1.54) is 0 Å². The first kappa shape index (κ1) is 13.6. The van der Waals surface area contributed by atoms with Crippen LogP contribution in [0.4, 0.5) is 5.69 Å². The molecule has 0 spiro atoms. The summed E-state index contributed by atoms with van der Waals surface area (Å²) in [6, 6.07) is 6.06. The zero-order valence-corrected chi connectivity index (χ0v) is 13.4. The fourth-order valence-corrected chi connectivity index (χ4v) is 3.27. The summed E-state index contributed by atoms with van der Waals surface area (Å²) in [5, 5.41) is 3.31. The highest BCUT2D eigenvalue weighted by atomic mass is 79.9. The third-order valence-corrected chi connectivity index (χ3v) is 3.83. The molecule has 96 valence electrons. The number of hydrogen-bond donors (Lipinski definition) is 1. The Labute approximate surface area is 124 Å². The summed E-state index contributed by atoms with van der Waals surface area (Å²) < 4.78 is 2.07. The minimum Gasteiger partial charge on any atom is -0.354 e. The Morgan fingerprint density at radius 2 is 2.11 bits per heavy atom. The van der Waals surface area contributed by atoms with E-state index in [2.05, 4.69) is 53.6 Å². The highest BCUT2D eigenvalue weighted by Crippen LogP contribution is 2.34. The molecule has 0 saturated carbocycles. The predicted molar refractivity (Wildman–Crippen MR) is 84.3 cm³/mol. The molecule has 0 radical (unpaired) electrons. The van der Waals surface area contributed by atoms with Crippen LogP contribution < -0.4 is 10.2 Å². The summed E-state index contributed by atoms with van der Waals surface area (Å²) in [4.78, 5) is 6.64. The van der Waals surface area contributed by atoms with Crippen molar-refractivity contribution < 1.29 is 0 Å². The summed E-state index contributed by atoms with van der Waals surface area (Å²) in [5.41, 5.74) is 2.17. The molecule has 1 aliphatic heterocycles. The molecule has 1 heterocycles. The smallest absolute Gasteiger partial charge is 0.199 e. The Morgan fingerprint density at radius 1 is 1.44 bits per heavy atom. The molecule has 1 aliphatic rings. The van der Waals surface area contributed by atoms with Crippen molar-refractivity contribution in [2.45, 2.75) is 6.92 Å². The van der Waals surface area contributed by atoms with Gasteiger partial charge in [-0.25, -0.2) is 0 Å². The van der Waals surface area contributed by atoms with E-state index < -0.39 is 0 Å². The van der Waals surface area contributed by atoms with Gasteiger partial charge in [0, 0.05) is 22.0 Å². The molecule has 1 N–H and O–H groups in total. The molecular weight excluding hydrogens is 358 g/mol. The molecule has 1 aromatic carbocycles. The second-order valence-corrected chi connectivity index (χ2v) is 5.95. The van der Waals surface area contributed by atoms with Gasteiger partial charge >= 0.3 is 0 Å². The lowest BCUT2D eigenvalue weighted by molar-refractivity contribution is 0.939. The Hall–Kier alpha value is -0.810. The largest absolute Gasteiger partial charge is 0.354 e. The number of rotatable bonds is 3. The molecule has 0 aromatic heterocycles. The van der Waals surface area contributed by atoms with E-state index in [0.29, 0.717) is 0 Å². The number of nitrogens with one attached hydrogen (secondary N) is 1. The van der Waals surface area contributed by atoms with Gasteiger partial charge in [0.15, 0.2) is 5.96 Å². The van der Waals surface area contributed by atoms with Crippen LogP contribution in [0.15, 0.2) is 44.3 Å². The monoisotopic (exact) mass is 371 g/mol. The van der Waals surface area contributed by atoms with Gasteiger partial charge in [-0.15, -0.1) is 0 Å². The average Bonchev–Trinajstić information content (AvgIpc) is 2.80. The summed E-state index contributed by atoms with van der Waals surface area (Å²) in [5.74, 6) is 0.908. The molecule has 0 amide bonds. The molecule has 0 fully saturated rings. The van der Waals surface area contributed by atoms with Crippen LogP contribution in [0.5, 0.6) is 0 Å². The second-order valence-electron chi connectivity index (χ2n) is 4.25. The third-order valence-electron chi connectivity index (χ3n) is 2.55. The number of hydrogen-bond acceptors (Lipinski definition) is 3. The fraction of sp³-hybridized carbons (Fsp3) is 0.308. The van der Waals surface area contributed by atoms with Gasteiger partial charge in [0.2, 0.25) is 0 Å². The SMILES string of the molecule is C=C(C)CN(C1=NCCN1)c1c(Br)cccc1Br. The van der Waals surface area contributed by atoms with Gasteiger partial charge in [-0.05, 0) is 50.9 Å². The van der Waals surface area contributed by atoms with Crippen molar-refractivity contribution in [3.05, 3.63) is 39.3 Å². The fourth-order valence-electron chi connectivity index (χ4n) is 1.84. The van der Waals surface area contributed by atoms with Crippen LogP contribution in [0, 0.1) is 0 Å². The quantitative estimate of drug-likeness (QED) is 0.821. The van der Waals surface area contributed by atoms with Crippen LogP contribution in [0.25, 0.3) is 0 Å². The number of guanidine groups is 1. The van der Waals surface area contributed by atoms with Gasteiger partial charge in [0.1, 0.15) is 0 Å². The van der Waals surface area contributed by atoms with Crippen molar-refractivity contribution in [3.63, 3.8) is 0 Å². The maximum Gasteiger partial charge on any atom is 0.199 e. The predicted octanol–water partition coefficient (Wildman–Crippen LogP) is 3.55. The van der Waals surface area contributed by atoms with Gasteiger partial charge in [-0.1, -0.05) is 18.2 Å². The van der Waals surface area contributed by atoms with Crippen LogP contribution in [0.1, 0.15) is 6.92 Å². The van der Waals surface area contributed by atoms with Crippen molar-refractivity contribution in [1.29, 1.82) is 0 Å². The van der Waals surface area contributed by atoms with Gasteiger partial charge in [0.05, 0.1) is 12.2 Å². The standard InChI is InChI=1S/C13H15Br2N3/c1-9(2)8-18(13-16-6-7-17-13)12-10(14)4-3-5-11(12)15/h3-5H,1,6-8H2,2H3,(H,16,17). The number of aliphatic imine (C=N–C) groups is 1. The van der Waals surface area contributed by atoms with E-state index in [9.17, 15) is 0 Å². The minimum atomic E-state index is 0.743. The lowest BCUT2D eigenvalue weighted by Gasteiger charge is -2.26. The first-order valence-corrected chi connectivity index (χ1v) is 7.32. The molecule has 1 aromatic rings. The Balaban J connectivity index is 2.42. The molecule has 0 saturated heterocycles. The van der Waals surface area contributed by atoms with Gasteiger partial charge in [0.25, 0.3) is 0 Å². The first-order chi connectivity index (χ1) is 8.59. The summed E-state index contributed by atoms with van der Waals surface area (Å²) in [7, 11) is 0. The topological polar surface area (TPSA) is 27.6 Å². The zero-order valence-electron chi connectivity index (χ0n) is 10.2. The van der Waals surface area contributed by atoms with Gasteiger partial charge < -0.3 is 10.2 Å². The molecule has 3 nitrogen and oxygen atoms in total. The Morgan fingerprint density at radius 3 is 2.61 bits per heavy atom.